The molecule has 0 saturated heterocycles. The predicted molar refractivity (Wildman–Crippen MR) is 180 cm³/mol. The first-order chi connectivity index (χ1) is 20.5. The maximum absolute atomic E-state index is 6.91. The van der Waals surface area contributed by atoms with Gasteiger partial charge in [0.05, 0.1) is 31.7 Å². The van der Waals surface area contributed by atoms with Crippen LogP contribution in [0.1, 0.15) is 26.3 Å². The molecule has 5 aromatic carbocycles. The minimum absolute atomic E-state index is 0.0308. The third kappa shape index (κ3) is 5.74. The second kappa shape index (κ2) is 12.0. The Balaban J connectivity index is 1.84. The number of fused-ring (bicyclic) bond motifs is 2. The van der Waals surface area contributed by atoms with Gasteiger partial charge in [-0.3, -0.25) is 0 Å². The molecule has 7 heteroatoms. The van der Waals surface area contributed by atoms with E-state index in [1.54, 1.807) is 21.3 Å². The number of hydrogen-bond acceptors (Lipinski definition) is 5. The van der Waals surface area contributed by atoms with Crippen molar-refractivity contribution in [1.82, 2.24) is 0 Å². The molecule has 0 saturated carbocycles. The lowest BCUT2D eigenvalue weighted by molar-refractivity contribution is 0.310. The van der Waals surface area contributed by atoms with Crippen molar-refractivity contribution in [2.75, 3.05) is 21.3 Å². The second-order valence-electron chi connectivity index (χ2n) is 12.1. The minimum Gasteiger partial charge on any atom is -0.543 e. The van der Waals surface area contributed by atoms with Gasteiger partial charge in [0, 0.05) is 16.2 Å². The van der Waals surface area contributed by atoms with Gasteiger partial charge in [-0.2, -0.15) is 0 Å². The van der Waals surface area contributed by atoms with E-state index in [-0.39, 0.29) is 5.04 Å². The predicted octanol–water partition coefficient (Wildman–Crippen LogP) is 10.3. The van der Waals surface area contributed by atoms with Crippen molar-refractivity contribution in [1.29, 1.82) is 0 Å². The van der Waals surface area contributed by atoms with Crippen molar-refractivity contribution in [2.45, 2.75) is 45.5 Å². The third-order valence-corrected chi connectivity index (χ3v) is 13.0. The molecule has 0 unspecified atom stereocenters. The molecule has 0 aromatic heterocycles. The van der Waals surface area contributed by atoms with Crippen LogP contribution in [0, 0.1) is 0 Å². The van der Waals surface area contributed by atoms with E-state index in [2.05, 4.69) is 64.2 Å². The molecule has 5 rings (SSSR count). The van der Waals surface area contributed by atoms with Crippen LogP contribution in [0.4, 0.5) is 0 Å². The Kier molecular flexibility index (Phi) is 8.55. The largest absolute Gasteiger partial charge is 0.543 e. The Bertz CT molecular complexity index is 1780. The van der Waals surface area contributed by atoms with Crippen molar-refractivity contribution in [3.8, 4) is 39.9 Å². The first-order valence-corrected chi connectivity index (χ1v) is 17.6. The molecule has 43 heavy (non-hydrogen) atoms. The van der Waals surface area contributed by atoms with Crippen LogP contribution in [-0.4, -0.2) is 29.6 Å². The Morgan fingerprint density at radius 2 is 1.30 bits per heavy atom. The normalized spacial score (nSPS) is 11.9. The highest BCUT2D eigenvalue weighted by Crippen LogP contribution is 2.51. The molecular weight excluding hydrogens is 576 g/mol. The van der Waals surface area contributed by atoms with Gasteiger partial charge in [-0.1, -0.05) is 74.8 Å². The highest BCUT2D eigenvalue weighted by atomic mass is 35.5. The molecule has 5 aromatic rings. The molecule has 0 fully saturated rings. The number of methoxy groups -OCH3 is 3. The zero-order chi connectivity index (χ0) is 30.9. The lowest BCUT2D eigenvalue weighted by Gasteiger charge is -2.37. The highest BCUT2D eigenvalue weighted by Gasteiger charge is 2.39. The summed E-state index contributed by atoms with van der Waals surface area (Å²) in [7, 11) is 2.75. The summed E-state index contributed by atoms with van der Waals surface area (Å²) < 4.78 is 30.9. The Morgan fingerprint density at radius 1 is 0.651 bits per heavy atom. The minimum atomic E-state index is -2.16. The zero-order valence-corrected chi connectivity index (χ0v) is 27.9. The van der Waals surface area contributed by atoms with E-state index >= 15 is 0 Å². The number of benzene rings is 5. The maximum atomic E-state index is 6.91. The fraction of sp³-hybridized carbons (Fsp3) is 0.278. The lowest BCUT2D eigenvalue weighted by Crippen LogP contribution is -2.43. The maximum Gasteiger partial charge on any atom is 0.250 e. The SMILES string of the molecule is COc1ccc(OC)c2c(OC)c(Cl)cc(-c3ccc(O[Si](C)(C)C(C)(C)C)c4cccc(OCc5ccccc5)c34)c12. The average molecular weight is 615 g/mol. The summed E-state index contributed by atoms with van der Waals surface area (Å²) in [6.07, 6.45) is 0. The van der Waals surface area contributed by atoms with Crippen LogP contribution >= 0.6 is 11.6 Å². The lowest BCUT2D eigenvalue weighted by atomic mass is 9.92. The van der Waals surface area contributed by atoms with Crippen LogP contribution in [0.15, 0.2) is 78.9 Å². The van der Waals surface area contributed by atoms with Crippen LogP contribution in [0.5, 0.6) is 28.7 Å². The fourth-order valence-corrected chi connectivity index (χ4v) is 6.45. The Hall–Kier alpha value is -3.87. The van der Waals surface area contributed by atoms with Crippen molar-refractivity contribution in [3.05, 3.63) is 89.4 Å². The fourth-order valence-electron chi connectivity index (χ4n) is 5.14. The summed E-state index contributed by atoms with van der Waals surface area (Å²) >= 11 is 6.91. The van der Waals surface area contributed by atoms with Gasteiger partial charge < -0.3 is 23.4 Å². The van der Waals surface area contributed by atoms with E-state index in [4.69, 9.17) is 35.0 Å². The number of hydrogen-bond donors (Lipinski definition) is 0. The van der Waals surface area contributed by atoms with Gasteiger partial charge in [0.1, 0.15) is 35.4 Å². The smallest absolute Gasteiger partial charge is 0.250 e. The quantitative estimate of drug-likeness (QED) is 0.155. The van der Waals surface area contributed by atoms with Crippen LogP contribution in [0.25, 0.3) is 32.7 Å². The van der Waals surface area contributed by atoms with Crippen LogP contribution in [0.3, 0.4) is 0 Å². The molecule has 0 atom stereocenters. The molecule has 0 spiro atoms. The second-order valence-corrected chi connectivity index (χ2v) is 17.2. The van der Waals surface area contributed by atoms with Gasteiger partial charge in [0.15, 0.2) is 0 Å². The van der Waals surface area contributed by atoms with Crippen molar-refractivity contribution in [2.24, 2.45) is 0 Å². The number of rotatable bonds is 9. The van der Waals surface area contributed by atoms with E-state index in [0.29, 0.717) is 28.9 Å². The highest BCUT2D eigenvalue weighted by molar-refractivity contribution is 6.74. The molecule has 0 bridgehead atoms. The molecule has 0 aliphatic carbocycles. The van der Waals surface area contributed by atoms with Crippen LogP contribution in [-0.2, 0) is 6.61 Å². The van der Waals surface area contributed by atoms with Crippen molar-refractivity contribution in [3.63, 3.8) is 0 Å². The van der Waals surface area contributed by atoms with E-state index in [0.717, 1.165) is 49.7 Å². The van der Waals surface area contributed by atoms with Gasteiger partial charge in [0.2, 0.25) is 0 Å². The first-order valence-electron chi connectivity index (χ1n) is 14.3. The summed E-state index contributed by atoms with van der Waals surface area (Å²) in [5, 5.41) is 3.97. The van der Waals surface area contributed by atoms with Gasteiger partial charge in [-0.25, -0.2) is 0 Å². The molecule has 0 aliphatic heterocycles. The zero-order valence-electron chi connectivity index (χ0n) is 26.1. The van der Waals surface area contributed by atoms with E-state index in [1.807, 2.05) is 48.5 Å². The van der Waals surface area contributed by atoms with Crippen molar-refractivity contribution >= 4 is 41.5 Å². The number of ether oxygens (including phenoxy) is 4. The van der Waals surface area contributed by atoms with E-state index < -0.39 is 8.32 Å². The summed E-state index contributed by atoms with van der Waals surface area (Å²) in [4.78, 5) is 0. The first kappa shape index (κ1) is 30.6. The van der Waals surface area contributed by atoms with Gasteiger partial charge >= 0.3 is 0 Å². The molecule has 0 radical (unpaired) electrons. The summed E-state index contributed by atoms with van der Waals surface area (Å²) in [6.45, 7) is 11.7. The monoisotopic (exact) mass is 614 g/mol. The average Bonchev–Trinajstić information content (AvgIpc) is 2.99. The standard InChI is InChI=1S/C36H39ClO5Si/c1-36(2,3)43(7,8)42-28-18-17-24(32-25(28)15-12-16-31(32)41-22-23-13-10-9-11-14-23)26-21-27(37)35(40-6)34-30(39-5)20-19-29(38-4)33(26)34/h9-21H,22H2,1-8H3. The molecule has 0 amide bonds. The van der Waals surface area contributed by atoms with Crippen LogP contribution in [0.2, 0.25) is 23.2 Å². The Labute approximate surface area is 260 Å². The van der Waals surface area contributed by atoms with E-state index in [1.165, 1.54) is 0 Å². The van der Waals surface area contributed by atoms with Gasteiger partial charge in [0.25, 0.3) is 8.32 Å². The topological polar surface area (TPSA) is 46.2 Å². The third-order valence-electron chi connectivity index (χ3n) is 8.42. The molecule has 0 N–H and O–H groups in total. The van der Waals surface area contributed by atoms with Gasteiger partial charge in [-0.15, -0.1) is 0 Å². The molecular formula is C36H39ClO5Si. The molecule has 0 aliphatic rings. The summed E-state index contributed by atoms with van der Waals surface area (Å²) in [5.74, 6) is 3.43. The molecule has 0 heterocycles. The molecule has 5 nitrogen and oxygen atoms in total. The van der Waals surface area contributed by atoms with Crippen LogP contribution < -0.4 is 23.4 Å². The molecule has 224 valence electrons. The summed E-state index contributed by atoms with van der Waals surface area (Å²) in [6, 6.07) is 26.2. The van der Waals surface area contributed by atoms with Crippen molar-refractivity contribution < 1.29 is 23.4 Å². The number of halogens is 1. The van der Waals surface area contributed by atoms with Gasteiger partial charge in [-0.05, 0) is 71.2 Å². The van der Waals surface area contributed by atoms with E-state index in [9.17, 15) is 0 Å². The Morgan fingerprint density at radius 3 is 1.93 bits per heavy atom. The summed E-state index contributed by atoms with van der Waals surface area (Å²) in [5.41, 5.74) is 2.89.